The minimum Gasteiger partial charge on any atom is -0.349 e. The van der Waals surface area contributed by atoms with Gasteiger partial charge in [-0.3, -0.25) is 9.59 Å². The number of rotatable bonds is 4. The number of hydrogen-bond donors (Lipinski definition) is 1. The molecule has 1 aliphatic rings. The summed E-state index contributed by atoms with van der Waals surface area (Å²) >= 11 is 0. The minimum absolute atomic E-state index is 0.111. The molecule has 23 heavy (non-hydrogen) atoms. The predicted octanol–water partition coefficient (Wildman–Crippen LogP) is 1.73. The highest BCUT2D eigenvalue weighted by Crippen LogP contribution is 2.19. The number of nitrogens with zero attached hydrogens (tertiary/aromatic N) is 2. The van der Waals surface area contributed by atoms with Gasteiger partial charge in [0.2, 0.25) is 11.8 Å². The van der Waals surface area contributed by atoms with Gasteiger partial charge in [-0.1, -0.05) is 29.8 Å². The van der Waals surface area contributed by atoms with Crippen LogP contribution in [0.5, 0.6) is 0 Å². The third-order valence-corrected chi connectivity index (χ3v) is 4.31. The van der Waals surface area contributed by atoms with Gasteiger partial charge >= 0.3 is 0 Å². The summed E-state index contributed by atoms with van der Waals surface area (Å²) < 4.78 is 0. The van der Waals surface area contributed by atoms with Crippen molar-refractivity contribution in [3.63, 3.8) is 0 Å². The Morgan fingerprint density at radius 3 is 2.48 bits per heavy atom. The Morgan fingerprint density at radius 2 is 1.83 bits per heavy atom. The van der Waals surface area contributed by atoms with E-state index < -0.39 is 0 Å². The van der Waals surface area contributed by atoms with Gasteiger partial charge in [0.1, 0.15) is 0 Å². The molecule has 1 fully saturated rings. The lowest BCUT2D eigenvalue weighted by atomic mass is 10.0. The second-order valence-corrected chi connectivity index (χ2v) is 6.41. The molecule has 0 aromatic heterocycles. The summed E-state index contributed by atoms with van der Waals surface area (Å²) in [7, 11) is 2.08. The van der Waals surface area contributed by atoms with Gasteiger partial charge in [0, 0.05) is 26.6 Å². The highest BCUT2D eigenvalue weighted by molar-refractivity contribution is 5.79. The SMILES string of the molecule is CC(=O)NC(CC(=O)N1CCCN(C)CC1)c1ccc(C)cc1. The normalized spacial score (nSPS) is 17.4. The van der Waals surface area contributed by atoms with Crippen LogP contribution in [0, 0.1) is 6.92 Å². The highest BCUT2D eigenvalue weighted by atomic mass is 16.2. The van der Waals surface area contributed by atoms with Crippen LogP contribution < -0.4 is 5.32 Å². The van der Waals surface area contributed by atoms with Crippen LogP contribution >= 0.6 is 0 Å². The number of carbonyl (C=O) groups excluding carboxylic acids is 2. The molecular weight excluding hydrogens is 290 g/mol. The summed E-state index contributed by atoms with van der Waals surface area (Å²) in [6, 6.07) is 7.73. The molecule has 1 N–H and O–H groups in total. The summed E-state index contributed by atoms with van der Waals surface area (Å²) in [6.45, 7) is 7.00. The van der Waals surface area contributed by atoms with Crippen molar-refractivity contribution in [3.8, 4) is 0 Å². The van der Waals surface area contributed by atoms with Gasteiger partial charge in [0.05, 0.1) is 12.5 Å². The van der Waals surface area contributed by atoms with Gasteiger partial charge in [-0.25, -0.2) is 0 Å². The van der Waals surface area contributed by atoms with E-state index in [-0.39, 0.29) is 17.9 Å². The van der Waals surface area contributed by atoms with Crippen molar-refractivity contribution in [1.29, 1.82) is 0 Å². The zero-order valence-corrected chi connectivity index (χ0v) is 14.3. The maximum Gasteiger partial charge on any atom is 0.225 e. The van der Waals surface area contributed by atoms with E-state index in [1.165, 1.54) is 6.92 Å². The molecule has 0 bridgehead atoms. The summed E-state index contributed by atoms with van der Waals surface area (Å²) in [5.41, 5.74) is 2.14. The lowest BCUT2D eigenvalue weighted by Gasteiger charge is -2.24. The fourth-order valence-electron chi connectivity index (χ4n) is 2.90. The molecule has 0 spiro atoms. The summed E-state index contributed by atoms with van der Waals surface area (Å²) in [4.78, 5) is 28.3. The molecule has 126 valence electrons. The monoisotopic (exact) mass is 317 g/mol. The van der Waals surface area contributed by atoms with E-state index >= 15 is 0 Å². The van der Waals surface area contributed by atoms with Gasteiger partial charge in [0.25, 0.3) is 0 Å². The maximum atomic E-state index is 12.6. The smallest absolute Gasteiger partial charge is 0.225 e. The van der Waals surface area contributed by atoms with E-state index in [1.54, 1.807) is 0 Å². The van der Waals surface area contributed by atoms with Crippen molar-refractivity contribution >= 4 is 11.8 Å². The third-order valence-electron chi connectivity index (χ3n) is 4.31. The lowest BCUT2D eigenvalue weighted by Crippen LogP contribution is -2.37. The minimum atomic E-state index is -0.262. The van der Waals surface area contributed by atoms with Gasteiger partial charge < -0.3 is 15.1 Å². The summed E-state index contributed by atoms with van der Waals surface area (Å²) in [5, 5.41) is 2.91. The molecule has 1 aliphatic heterocycles. The second kappa shape index (κ2) is 8.11. The Balaban J connectivity index is 2.06. The van der Waals surface area contributed by atoms with Crippen LogP contribution in [-0.2, 0) is 9.59 Å². The molecule has 1 aromatic rings. The number of benzene rings is 1. The van der Waals surface area contributed by atoms with Gasteiger partial charge in [-0.15, -0.1) is 0 Å². The first-order valence-corrected chi connectivity index (χ1v) is 8.25. The van der Waals surface area contributed by atoms with Crippen molar-refractivity contribution in [2.24, 2.45) is 0 Å². The number of aryl methyl sites for hydroxylation is 1. The van der Waals surface area contributed by atoms with Crippen molar-refractivity contribution in [1.82, 2.24) is 15.1 Å². The van der Waals surface area contributed by atoms with Crippen molar-refractivity contribution in [2.75, 3.05) is 33.2 Å². The molecule has 5 nitrogen and oxygen atoms in total. The number of amides is 2. The average molecular weight is 317 g/mol. The van der Waals surface area contributed by atoms with Crippen LogP contribution in [0.2, 0.25) is 0 Å². The van der Waals surface area contributed by atoms with Crippen LogP contribution in [0.15, 0.2) is 24.3 Å². The molecule has 2 rings (SSSR count). The Kier molecular flexibility index (Phi) is 6.16. The first-order chi connectivity index (χ1) is 11.0. The van der Waals surface area contributed by atoms with Gasteiger partial charge in [0.15, 0.2) is 0 Å². The van der Waals surface area contributed by atoms with E-state index in [0.29, 0.717) is 6.42 Å². The molecule has 5 heteroatoms. The van der Waals surface area contributed by atoms with Crippen molar-refractivity contribution in [3.05, 3.63) is 35.4 Å². The standard InChI is InChI=1S/C18H27N3O2/c1-14-5-7-16(8-6-14)17(19-15(2)22)13-18(23)21-10-4-9-20(3)11-12-21/h5-8,17H,4,9-13H2,1-3H3,(H,19,22). The summed E-state index contributed by atoms with van der Waals surface area (Å²) in [6.07, 6.45) is 1.31. The molecular formula is C18H27N3O2. The predicted molar refractivity (Wildman–Crippen MR) is 91.0 cm³/mol. The molecule has 1 heterocycles. The number of nitrogens with one attached hydrogen (secondary N) is 1. The number of carbonyl (C=O) groups is 2. The van der Waals surface area contributed by atoms with E-state index in [2.05, 4.69) is 17.3 Å². The van der Waals surface area contributed by atoms with Crippen LogP contribution in [0.4, 0.5) is 0 Å². The van der Waals surface area contributed by atoms with Gasteiger partial charge in [-0.2, -0.15) is 0 Å². The largest absolute Gasteiger partial charge is 0.349 e. The Morgan fingerprint density at radius 1 is 1.13 bits per heavy atom. The lowest BCUT2D eigenvalue weighted by molar-refractivity contribution is -0.131. The van der Waals surface area contributed by atoms with E-state index in [4.69, 9.17) is 0 Å². The quantitative estimate of drug-likeness (QED) is 0.920. The van der Waals surface area contributed by atoms with Crippen LogP contribution in [-0.4, -0.2) is 54.8 Å². The van der Waals surface area contributed by atoms with Crippen LogP contribution in [0.3, 0.4) is 0 Å². The maximum absolute atomic E-state index is 12.6. The van der Waals surface area contributed by atoms with Crippen LogP contribution in [0.1, 0.15) is 36.9 Å². The van der Waals surface area contributed by atoms with Crippen molar-refractivity contribution < 1.29 is 9.59 Å². The Hall–Kier alpha value is -1.88. The molecule has 0 radical (unpaired) electrons. The highest BCUT2D eigenvalue weighted by Gasteiger charge is 2.22. The average Bonchev–Trinajstić information content (AvgIpc) is 2.71. The second-order valence-electron chi connectivity index (χ2n) is 6.41. The molecule has 0 aliphatic carbocycles. The zero-order chi connectivity index (χ0) is 16.8. The molecule has 2 amide bonds. The number of hydrogen-bond acceptors (Lipinski definition) is 3. The molecule has 1 aromatic carbocycles. The molecule has 1 unspecified atom stereocenters. The zero-order valence-electron chi connectivity index (χ0n) is 14.3. The van der Waals surface area contributed by atoms with E-state index in [1.807, 2.05) is 36.1 Å². The van der Waals surface area contributed by atoms with Gasteiger partial charge in [-0.05, 0) is 32.5 Å². The first-order valence-electron chi connectivity index (χ1n) is 8.25. The molecule has 0 saturated carbocycles. The Bertz CT molecular complexity index is 542. The van der Waals surface area contributed by atoms with E-state index in [9.17, 15) is 9.59 Å². The van der Waals surface area contributed by atoms with Crippen molar-refractivity contribution in [2.45, 2.75) is 32.7 Å². The fraction of sp³-hybridized carbons (Fsp3) is 0.556. The summed E-state index contributed by atoms with van der Waals surface area (Å²) in [5.74, 6) is -0.00130. The Labute approximate surface area is 138 Å². The van der Waals surface area contributed by atoms with E-state index in [0.717, 1.165) is 43.7 Å². The van der Waals surface area contributed by atoms with Crippen LogP contribution in [0.25, 0.3) is 0 Å². The third kappa shape index (κ3) is 5.36. The topological polar surface area (TPSA) is 52.7 Å². The number of likely N-dealkylation sites (N-methyl/N-ethyl adjacent to an activating group) is 1. The molecule has 1 saturated heterocycles. The first kappa shape index (κ1) is 17.5. The molecule has 1 atom stereocenters. The fourth-order valence-corrected chi connectivity index (χ4v) is 2.90.